The fourth-order valence-electron chi connectivity index (χ4n) is 3.73. The minimum absolute atomic E-state index is 0.427. The highest BCUT2D eigenvalue weighted by Crippen LogP contribution is 2.31. The first-order chi connectivity index (χ1) is 9.69. The lowest BCUT2D eigenvalue weighted by atomic mass is 9.81. The molecule has 0 aromatic heterocycles. The van der Waals surface area contributed by atoms with Gasteiger partial charge >= 0.3 is 0 Å². The molecule has 0 aromatic rings. The van der Waals surface area contributed by atoms with Crippen LogP contribution in [-0.2, 0) is 4.79 Å². The number of carbonyl (C=O) groups excluding carboxylic acids is 1. The van der Waals surface area contributed by atoms with Gasteiger partial charge in [-0.1, -0.05) is 19.8 Å². The summed E-state index contributed by atoms with van der Waals surface area (Å²) in [6, 6.07) is 0. The topological polar surface area (TPSA) is 32.3 Å². The Kier molecular flexibility index (Phi) is 6.34. The molecule has 0 atom stereocenters. The van der Waals surface area contributed by atoms with Gasteiger partial charge in [-0.05, 0) is 63.5 Å². The highest BCUT2D eigenvalue weighted by Gasteiger charge is 2.26. The van der Waals surface area contributed by atoms with Crippen LogP contribution in [-0.4, -0.2) is 37.5 Å². The van der Waals surface area contributed by atoms with Gasteiger partial charge in [0.15, 0.2) is 0 Å². The van der Waals surface area contributed by atoms with Gasteiger partial charge in [-0.3, -0.25) is 4.79 Å². The average molecular weight is 280 g/mol. The summed E-state index contributed by atoms with van der Waals surface area (Å²) in [5, 5.41) is 3.23. The first kappa shape index (κ1) is 15.8. The van der Waals surface area contributed by atoms with Gasteiger partial charge in [0.05, 0.1) is 0 Å². The van der Waals surface area contributed by atoms with E-state index in [4.69, 9.17) is 0 Å². The average Bonchev–Trinajstić information content (AvgIpc) is 2.48. The summed E-state index contributed by atoms with van der Waals surface area (Å²) in [5.41, 5.74) is 0. The molecule has 0 radical (unpaired) electrons. The molecule has 2 aliphatic rings. The van der Waals surface area contributed by atoms with Crippen LogP contribution in [0.4, 0.5) is 0 Å². The fourth-order valence-corrected chi connectivity index (χ4v) is 3.73. The number of nitrogens with one attached hydrogen (secondary N) is 1. The molecule has 20 heavy (non-hydrogen) atoms. The number of carbonyl (C=O) groups is 1. The van der Waals surface area contributed by atoms with Crippen molar-refractivity contribution in [3.63, 3.8) is 0 Å². The van der Waals surface area contributed by atoms with Crippen LogP contribution in [0.1, 0.15) is 58.3 Å². The van der Waals surface area contributed by atoms with Crippen molar-refractivity contribution in [1.29, 1.82) is 0 Å². The number of amides is 1. The summed E-state index contributed by atoms with van der Waals surface area (Å²) in [4.78, 5) is 14.5. The van der Waals surface area contributed by atoms with Crippen molar-refractivity contribution >= 4 is 5.91 Å². The van der Waals surface area contributed by atoms with Gasteiger partial charge in [0.2, 0.25) is 5.91 Å². The van der Waals surface area contributed by atoms with E-state index in [2.05, 4.69) is 17.1 Å². The number of rotatable bonds is 5. The Balaban J connectivity index is 1.66. The first-order valence-electron chi connectivity index (χ1n) is 8.61. The van der Waals surface area contributed by atoms with Crippen molar-refractivity contribution < 1.29 is 4.79 Å². The molecular formula is C17H32N2O. The third-order valence-electron chi connectivity index (χ3n) is 5.37. The fraction of sp³-hybridized carbons (Fsp3) is 0.941. The van der Waals surface area contributed by atoms with Crippen molar-refractivity contribution in [3.8, 4) is 0 Å². The third kappa shape index (κ3) is 4.76. The van der Waals surface area contributed by atoms with Crippen molar-refractivity contribution in [3.05, 3.63) is 0 Å². The van der Waals surface area contributed by atoms with E-state index in [1.165, 1.54) is 44.9 Å². The summed E-state index contributed by atoms with van der Waals surface area (Å²) in [6.45, 7) is 5.44. The predicted molar refractivity (Wildman–Crippen MR) is 83.6 cm³/mol. The number of nitrogens with zero attached hydrogens (tertiary/aromatic N) is 1. The second-order valence-electron chi connectivity index (χ2n) is 7.05. The summed E-state index contributed by atoms with van der Waals surface area (Å²) in [6.07, 6.45) is 9.67. The molecular weight excluding hydrogens is 248 g/mol. The smallest absolute Gasteiger partial charge is 0.222 e. The van der Waals surface area contributed by atoms with Gasteiger partial charge in [0.1, 0.15) is 0 Å². The lowest BCUT2D eigenvalue weighted by Gasteiger charge is -2.34. The minimum Gasteiger partial charge on any atom is -0.343 e. The van der Waals surface area contributed by atoms with Crippen LogP contribution < -0.4 is 5.32 Å². The molecule has 0 bridgehead atoms. The van der Waals surface area contributed by atoms with Crippen LogP contribution in [0.2, 0.25) is 0 Å². The Labute approximate surface area is 124 Å². The molecule has 1 aliphatic carbocycles. The summed E-state index contributed by atoms with van der Waals surface area (Å²) >= 11 is 0. The lowest BCUT2D eigenvalue weighted by molar-refractivity contribution is -0.133. The van der Waals surface area contributed by atoms with Crippen molar-refractivity contribution in [2.24, 2.45) is 17.8 Å². The molecule has 2 fully saturated rings. The largest absolute Gasteiger partial charge is 0.343 e. The van der Waals surface area contributed by atoms with Crippen LogP contribution >= 0.6 is 0 Å². The van der Waals surface area contributed by atoms with E-state index in [0.717, 1.165) is 37.9 Å². The molecule has 1 heterocycles. The van der Waals surface area contributed by atoms with Crippen molar-refractivity contribution in [2.45, 2.75) is 58.3 Å². The Morgan fingerprint density at radius 2 is 1.70 bits per heavy atom. The lowest BCUT2D eigenvalue weighted by Crippen LogP contribution is -2.39. The number of likely N-dealkylation sites (tertiary alicyclic amines) is 1. The molecule has 1 amide bonds. The zero-order valence-corrected chi connectivity index (χ0v) is 13.4. The Morgan fingerprint density at radius 3 is 2.30 bits per heavy atom. The van der Waals surface area contributed by atoms with Crippen LogP contribution in [0.15, 0.2) is 0 Å². The van der Waals surface area contributed by atoms with Crippen molar-refractivity contribution in [2.75, 3.05) is 26.7 Å². The van der Waals surface area contributed by atoms with Gasteiger partial charge in [-0.15, -0.1) is 0 Å². The Bertz CT molecular complexity index is 289. The van der Waals surface area contributed by atoms with E-state index in [1.54, 1.807) is 0 Å². The van der Waals surface area contributed by atoms with E-state index in [9.17, 15) is 4.79 Å². The predicted octanol–water partition coefficient (Wildman–Crippen LogP) is 3.05. The van der Waals surface area contributed by atoms with Crippen LogP contribution in [0, 0.1) is 17.8 Å². The summed E-state index contributed by atoms with van der Waals surface area (Å²) in [5.74, 6) is 2.80. The van der Waals surface area contributed by atoms with E-state index < -0.39 is 0 Å². The van der Waals surface area contributed by atoms with Gasteiger partial charge < -0.3 is 10.2 Å². The summed E-state index contributed by atoms with van der Waals surface area (Å²) in [7, 11) is 2.02. The molecule has 1 aliphatic heterocycles. The zero-order valence-electron chi connectivity index (χ0n) is 13.4. The maximum Gasteiger partial charge on any atom is 0.222 e. The maximum absolute atomic E-state index is 12.4. The highest BCUT2D eigenvalue weighted by atomic mass is 16.2. The molecule has 116 valence electrons. The van der Waals surface area contributed by atoms with E-state index in [1.807, 2.05) is 7.05 Å². The summed E-state index contributed by atoms with van der Waals surface area (Å²) < 4.78 is 0. The van der Waals surface area contributed by atoms with Gasteiger partial charge in [0, 0.05) is 19.5 Å². The molecule has 2 rings (SSSR count). The second-order valence-corrected chi connectivity index (χ2v) is 7.05. The van der Waals surface area contributed by atoms with E-state index in [-0.39, 0.29) is 0 Å². The molecule has 3 heteroatoms. The first-order valence-corrected chi connectivity index (χ1v) is 8.61. The quantitative estimate of drug-likeness (QED) is 0.839. The molecule has 1 saturated carbocycles. The van der Waals surface area contributed by atoms with Crippen LogP contribution in [0.3, 0.4) is 0 Å². The monoisotopic (exact) mass is 280 g/mol. The molecule has 1 saturated heterocycles. The molecule has 0 spiro atoms. The maximum atomic E-state index is 12.4. The molecule has 0 unspecified atom stereocenters. The highest BCUT2D eigenvalue weighted by molar-refractivity contribution is 5.76. The SMILES string of the molecule is CNCCC1CCN(C(=O)CC2CCC(C)CC2)CC1. The molecule has 3 nitrogen and oxygen atoms in total. The normalized spacial score (nSPS) is 28.6. The van der Waals surface area contributed by atoms with Gasteiger partial charge in [0.25, 0.3) is 0 Å². The van der Waals surface area contributed by atoms with Crippen LogP contribution in [0.5, 0.6) is 0 Å². The third-order valence-corrected chi connectivity index (χ3v) is 5.37. The van der Waals surface area contributed by atoms with Crippen molar-refractivity contribution in [1.82, 2.24) is 10.2 Å². The standard InChI is InChI=1S/C17H32N2O/c1-14-3-5-16(6-4-14)13-17(20)19-11-8-15(9-12-19)7-10-18-2/h14-16,18H,3-13H2,1-2H3. The number of piperidine rings is 1. The molecule has 0 aromatic carbocycles. The Hall–Kier alpha value is -0.570. The second kappa shape index (κ2) is 8.02. The molecule has 1 N–H and O–H groups in total. The van der Waals surface area contributed by atoms with Crippen LogP contribution in [0.25, 0.3) is 0 Å². The van der Waals surface area contributed by atoms with Gasteiger partial charge in [-0.25, -0.2) is 0 Å². The Morgan fingerprint density at radius 1 is 1.05 bits per heavy atom. The zero-order chi connectivity index (χ0) is 14.4. The van der Waals surface area contributed by atoms with Gasteiger partial charge in [-0.2, -0.15) is 0 Å². The minimum atomic E-state index is 0.427. The van der Waals surface area contributed by atoms with E-state index in [0.29, 0.717) is 11.8 Å². The number of hydrogen-bond acceptors (Lipinski definition) is 2. The van der Waals surface area contributed by atoms with E-state index >= 15 is 0 Å². The number of hydrogen-bond donors (Lipinski definition) is 1.